The van der Waals surface area contributed by atoms with Gasteiger partial charge in [-0.1, -0.05) is 13.8 Å². The molecule has 0 saturated heterocycles. The second-order valence-electron chi connectivity index (χ2n) is 4.71. The van der Waals surface area contributed by atoms with E-state index < -0.39 is 46.2 Å². The summed E-state index contributed by atoms with van der Waals surface area (Å²) in [4.78, 5) is 0. The predicted octanol–water partition coefficient (Wildman–Crippen LogP) is 2.69. The van der Waals surface area contributed by atoms with E-state index >= 15 is 0 Å². The summed E-state index contributed by atoms with van der Waals surface area (Å²) < 4.78 is 52.8. The van der Waals surface area contributed by atoms with E-state index in [0.717, 1.165) is 0 Å². The van der Waals surface area contributed by atoms with Crippen LogP contribution in [0.2, 0.25) is 0 Å². The molecular weight excluding hydrogens is 222 g/mol. The second-order valence-corrected chi connectivity index (χ2v) is 4.71. The number of hydrogen-bond acceptors (Lipinski definition) is 1. The molecule has 1 aromatic carbocycles. The van der Waals surface area contributed by atoms with E-state index in [1.165, 1.54) is 0 Å². The molecule has 0 unspecified atom stereocenters. The number of nitrogens with two attached hydrogens (primary N) is 1. The lowest BCUT2D eigenvalue weighted by molar-refractivity contribution is 0.432. The first-order valence-corrected chi connectivity index (χ1v) is 4.87. The lowest BCUT2D eigenvalue weighted by Crippen LogP contribution is -2.08. The molecular formula is C11H11F4N. The Bertz CT molecular complexity index is 430. The molecule has 1 saturated carbocycles. The minimum absolute atomic E-state index is 0.203. The minimum Gasteiger partial charge on any atom is -0.327 e. The number of halogens is 4. The normalized spacial score (nSPS) is 26.9. The van der Waals surface area contributed by atoms with Crippen molar-refractivity contribution < 1.29 is 17.6 Å². The molecule has 2 rings (SSSR count). The van der Waals surface area contributed by atoms with Gasteiger partial charge in [-0.3, -0.25) is 0 Å². The molecule has 0 bridgehead atoms. The first-order chi connectivity index (χ1) is 7.28. The highest BCUT2D eigenvalue weighted by molar-refractivity contribution is 5.37. The van der Waals surface area contributed by atoms with Crippen molar-refractivity contribution in [2.75, 3.05) is 0 Å². The Hall–Kier alpha value is -1.10. The number of benzene rings is 1. The van der Waals surface area contributed by atoms with Gasteiger partial charge in [0.05, 0.1) is 0 Å². The van der Waals surface area contributed by atoms with Gasteiger partial charge in [-0.2, -0.15) is 0 Å². The van der Waals surface area contributed by atoms with Crippen LogP contribution in [0.3, 0.4) is 0 Å². The molecule has 1 fully saturated rings. The lowest BCUT2D eigenvalue weighted by Gasteiger charge is -2.07. The maximum atomic E-state index is 13.4. The Morgan fingerprint density at radius 3 is 1.75 bits per heavy atom. The molecule has 0 aromatic heterocycles. The van der Waals surface area contributed by atoms with Crippen molar-refractivity contribution in [2.24, 2.45) is 11.1 Å². The second kappa shape index (κ2) is 3.20. The van der Waals surface area contributed by atoms with Crippen LogP contribution in [-0.2, 0) is 0 Å². The van der Waals surface area contributed by atoms with Gasteiger partial charge in [0, 0.05) is 23.6 Å². The summed E-state index contributed by atoms with van der Waals surface area (Å²) in [5.41, 5.74) is 4.52. The molecule has 1 aliphatic rings. The Morgan fingerprint density at radius 1 is 1.06 bits per heavy atom. The van der Waals surface area contributed by atoms with Gasteiger partial charge in [0.2, 0.25) is 0 Å². The highest BCUT2D eigenvalue weighted by Crippen LogP contribution is 2.58. The molecule has 16 heavy (non-hydrogen) atoms. The average molecular weight is 233 g/mol. The third kappa shape index (κ3) is 1.34. The van der Waals surface area contributed by atoms with Crippen LogP contribution < -0.4 is 5.73 Å². The van der Waals surface area contributed by atoms with Crippen LogP contribution >= 0.6 is 0 Å². The lowest BCUT2D eigenvalue weighted by atomic mass is 10.0. The van der Waals surface area contributed by atoms with E-state index in [1.807, 2.05) is 0 Å². The van der Waals surface area contributed by atoms with Gasteiger partial charge in [0.25, 0.3) is 0 Å². The third-order valence-corrected chi connectivity index (χ3v) is 3.37. The molecule has 5 heteroatoms. The van der Waals surface area contributed by atoms with E-state index in [0.29, 0.717) is 0 Å². The summed E-state index contributed by atoms with van der Waals surface area (Å²) in [5.74, 6) is -6.14. The van der Waals surface area contributed by atoms with Crippen LogP contribution in [0.5, 0.6) is 0 Å². The van der Waals surface area contributed by atoms with Crippen LogP contribution in [-0.4, -0.2) is 6.04 Å². The van der Waals surface area contributed by atoms with Crippen LogP contribution in [0, 0.1) is 28.7 Å². The van der Waals surface area contributed by atoms with Gasteiger partial charge in [-0.25, -0.2) is 17.6 Å². The zero-order chi connectivity index (χ0) is 12.2. The summed E-state index contributed by atoms with van der Waals surface area (Å²) in [6.45, 7) is 3.40. The fourth-order valence-electron chi connectivity index (χ4n) is 2.09. The maximum absolute atomic E-state index is 13.4. The zero-order valence-electron chi connectivity index (χ0n) is 8.82. The Balaban J connectivity index is 2.58. The number of rotatable bonds is 1. The molecule has 0 spiro atoms. The summed E-state index contributed by atoms with van der Waals surface area (Å²) in [5, 5.41) is 0. The van der Waals surface area contributed by atoms with Gasteiger partial charge in [-0.05, 0) is 5.41 Å². The number of hydrogen-bond donors (Lipinski definition) is 1. The monoisotopic (exact) mass is 233 g/mol. The average Bonchev–Trinajstić information content (AvgIpc) is 2.66. The maximum Gasteiger partial charge on any atom is 0.165 e. The molecule has 1 aliphatic carbocycles. The van der Waals surface area contributed by atoms with Gasteiger partial charge >= 0.3 is 0 Å². The quantitative estimate of drug-likeness (QED) is 0.585. The molecule has 2 N–H and O–H groups in total. The van der Waals surface area contributed by atoms with Crippen molar-refractivity contribution in [3.05, 3.63) is 34.9 Å². The van der Waals surface area contributed by atoms with Crippen LogP contribution in [0.4, 0.5) is 17.6 Å². The highest BCUT2D eigenvalue weighted by atomic mass is 19.2. The molecule has 0 radical (unpaired) electrons. The van der Waals surface area contributed by atoms with Gasteiger partial charge < -0.3 is 5.73 Å². The van der Waals surface area contributed by atoms with Crippen LogP contribution in [0.25, 0.3) is 0 Å². The molecule has 2 atom stereocenters. The standard InChI is InChI=1S/C11H11F4N/c1-11(2)7(10(11)16)6-8(14)4(12)3-5(13)9(6)15/h3,7,10H,16H2,1-2H3/t7-,10-/m1/s1. The first-order valence-electron chi connectivity index (χ1n) is 4.87. The molecule has 0 amide bonds. The summed E-state index contributed by atoms with van der Waals surface area (Å²) in [7, 11) is 0. The van der Waals surface area contributed by atoms with Crippen molar-refractivity contribution in [2.45, 2.75) is 25.8 Å². The van der Waals surface area contributed by atoms with E-state index in [2.05, 4.69) is 0 Å². The largest absolute Gasteiger partial charge is 0.327 e. The zero-order valence-corrected chi connectivity index (χ0v) is 8.82. The van der Waals surface area contributed by atoms with Crippen LogP contribution in [0.1, 0.15) is 25.3 Å². The van der Waals surface area contributed by atoms with E-state index in [-0.39, 0.29) is 6.07 Å². The minimum atomic E-state index is -1.39. The topological polar surface area (TPSA) is 26.0 Å². The Labute approximate surface area is 90.3 Å². The van der Waals surface area contributed by atoms with Crippen molar-refractivity contribution in [3.63, 3.8) is 0 Å². The Kier molecular flexibility index (Phi) is 2.28. The summed E-state index contributed by atoms with van der Waals surface area (Å²) in [6.07, 6.45) is 0. The smallest absolute Gasteiger partial charge is 0.165 e. The van der Waals surface area contributed by atoms with Crippen molar-refractivity contribution >= 4 is 0 Å². The third-order valence-electron chi connectivity index (χ3n) is 3.37. The summed E-state index contributed by atoms with van der Waals surface area (Å²) in [6, 6.07) is -0.285. The van der Waals surface area contributed by atoms with E-state index in [9.17, 15) is 17.6 Å². The van der Waals surface area contributed by atoms with Gasteiger partial charge in [-0.15, -0.1) is 0 Å². The first kappa shape index (κ1) is 11.4. The predicted molar refractivity (Wildman–Crippen MR) is 50.8 cm³/mol. The van der Waals surface area contributed by atoms with Gasteiger partial charge in [0.1, 0.15) is 0 Å². The highest BCUT2D eigenvalue weighted by Gasteiger charge is 2.58. The summed E-state index contributed by atoms with van der Waals surface area (Å²) >= 11 is 0. The SMILES string of the molecule is CC1(C)[C@H](N)[C@H]1c1c(F)c(F)cc(F)c1F. The molecule has 0 aliphatic heterocycles. The Morgan fingerprint density at radius 2 is 1.44 bits per heavy atom. The van der Waals surface area contributed by atoms with Crippen molar-refractivity contribution in [3.8, 4) is 0 Å². The molecule has 0 heterocycles. The molecule has 1 nitrogen and oxygen atoms in total. The van der Waals surface area contributed by atoms with E-state index in [1.54, 1.807) is 13.8 Å². The molecule has 1 aromatic rings. The van der Waals surface area contributed by atoms with Crippen LogP contribution in [0.15, 0.2) is 6.07 Å². The van der Waals surface area contributed by atoms with E-state index in [4.69, 9.17) is 5.73 Å². The van der Waals surface area contributed by atoms with Gasteiger partial charge in [0.15, 0.2) is 23.3 Å². The molecule has 88 valence electrons. The fourth-order valence-corrected chi connectivity index (χ4v) is 2.09. The fraction of sp³-hybridized carbons (Fsp3) is 0.455. The van der Waals surface area contributed by atoms with Crippen molar-refractivity contribution in [1.82, 2.24) is 0 Å². The van der Waals surface area contributed by atoms with Crippen molar-refractivity contribution in [1.29, 1.82) is 0 Å².